The van der Waals surface area contributed by atoms with E-state index in [1.165, 1.54) is 25.2 Å². The van der Waals surface area contributed by atoms with Crippen molar-refractivity contribution < 1.29 is 14.4 Å². The Kier molecular flexibility index (Phi) is 6.72. The Bertz CT molecular complexity index is 459. The maximum absolute atomic E-state index is 11.8. The van der Waals surface area contributed by atoms with Crippen LogP contribution in [0.2, 0.25) is 0 Å². The Balaban J connectivity index is 2.42. The molecule has 0 fully saturated rings. The number of carbonyl (C=O) groups excluding carboxylic acids is 3. The first-order valence-corrected chi connectivity index (χ1v) is 7.18. The van der Waals surface area contributed by atoms with Crippen molar-refractivity contribution in [2.24, 2.45) is 0 Å². The Hall–Kier alpha value is -1.89. The lowest BCUT2D eigenvalue weighted by atomic mass is 10.1. The molecule has 0 radical (unpaired) electrons. The van der Waals surface area contributed by atoms with Gasteiger partial charge in [-0.25, -0.2) is 0 Å². The number of thiophene rings is 1. The van der Waals surface area contributed by atoms with Crippen molar-refractivity contribution in [2.75, 3.05) is 13.1 Å². The quantitative estimate of drug-likeness (QED) is 0.643. The second kappa shape index (κ2) is 8.31. The van der Waals surface area contributed by atoms with Crippen LogP contribution in [0, 0.1) is 0 Å². The van der Waals surface area contributed by atoms with Gasteiger partial charge in [-0.3, -0.25) is 14.4 Å². The van der Waals surface area contributed by atoms with Crippen LogP contribution in [0.3, 0.4) is 0 Å². The van der Waals surface area contributed by atoms with Crippen molar-refractivity contribution in [3.05, 3.63) is 22.4 Å². The molecule has 0 saturated carbocycles. The van der Waals surface area contributed by atoms with Crippen LogP contribution < -0.4 is 16.0 Å². The topological polar surface area (TPSA) is 87.3 Å². The van der Waals surface area contributed by atoms with Crippen LogP contribution in [0.5, 0.6) is 0 Å². The van der Waals surface area contributed by atoms with E-state index in [1.807, 2.05) is 17.5 Å². The van der Waals surface area contributed by atoms with Gasteiger partial charge in [-0.05, 0) is 11.4 Å². The fraction of sp³-hybridized carbons (Fsp3) is 0.462. The average Bonchev–Trinajstić information content (AvgIpc) is 2.86. The molecule has 3 amide bonds. The van der Waals surface area contributed by atoms with Crippen molar-refractivity contribution >= 4 is 29.1 Å². The molecule has 0 aromatic carbocycles. The molecule has 1 aromatic heterocycles. The number of hydrogen-bond donors (Lipinski definition) is 3. The number of amides is 3. The van der Waals surface area contributed by atoms with Gasteiger partial charge in [0.15, 0.2) is 0 Å². The summed E-state index contributed by atoms with van der Waals surface area (Å²) in [5, 5.41) is 9.96. The first kappa shape index (κ1) is 16.2. The second-order valence-electron chi connectivity index (χ2n) is 4.31. The predicted molar refractivity (Wildman–Crippen MR) is 77.2 cm³/mol. The first-order chi connectivity index (χ1) is 9.49. The second-order valence-corrected chi connectivity index (χ2v) is 5.28. The summed E-state index contributed by atoms with van der Waals surface area (Å²) < 4.78 is 0. The van der Waals surface area contributed by atoms with Crippen molar-refractivity contribution in [1.29, 1.82) is 0 Å². The summed E-state index contributed by atoms with van der Waals surface area (Å²) in [5.74, 6) is -0.467. The minimum absolute atomic E-state index is 0.131. The van der Waals surface area contributed by atoms with Crippen molar-refractivity contribution in [3.63, 3.8) is 0 Å². The summed E-state index contributed by atoms with van der Waals surface area (Å²) in [6.45, 7) is 3.61. The van der Waals surface area contributed by atoms with E-state index >= 15 is 0 Å². The molecule has 0 spiro atoms. The highest BCUT2D eigenvalue weighted by Gasteiger charge is 2.17. The average molecular weight is 297 g/mol. The van der Waals surface area contributed by atoms with E-state index in [2.05, 4.69) is 16.0 Å². The van der Waals surface area contributed by atoms with Crippen LogP contribution in [0.1, 0.15) is 31.2 Å². The summed E-state index contributed by atoms with van der Waals surface area (Å²) >= 11 is 1.50. The molecule has 0 aliphatic heterocycles. The molecule has 0 saturated heterocycles. The van der Waals surface area contributed by atoms with Gasteiger partial charge in [0.05, 0.1) is 12.5 Å². The van der Waals surface area contributed by atoms with Gasteiger partial charge >= 0.3 is 0 Å². The van der Waals surface area contributed by atoms with E-state index in [4.69, 9.17) is 0 Å². The van der Waals surface area contributed by atoms with E-state index in [9.17, 15) is 14.4 Å². The summed E-state index contributed by atoms with van der Waals surface area (Å²) in [6.07, 6.45) is 0.181. The predicted octanol–water partition coefficient (Wildman–Crippen LogP) is 0.568. The smallest absolute Gasteiger partial charge is 0.222 e. The Morgan fingerprint density at radius 3 is 2.40 bits per heavy atom. The Morgan fingerprint density at radius 2 is 1.85 bits per heavy atom. The van der Waals surface area contributed by atoms with Gasteiger partial charge in [0.2, 0.25) is 17.7 Å². The number of rotatable bonds is 7. The van der Waals surface area contributed by atoms with Gasteiger partial charge < -0.3 is 16.0 Å². The maximum Gasteiger partial charge on any atom is 0.222 e. The lowest BCUT2D eigenvalue weighted by molar-refractivity contribution is -0.123. The van der Waals surface area contributed by atoms with Gasteiger partial charge in [-0.15, -0.1) is 11.3 Å². The molecular weight excluding hydrogens is 278 g/mol. The summed E-state index contributed by atoms with van der Waals surface area (Å²) in [4.78, 5) is 34.6. The van der Waals surface area contributed by atoms with E-state index in [0.29, 0.717) is 13.1 Å². The maximum atomic E-state index is 11.8. The molecule has 1 aromatic rings. The molecule has 3 N–H and O–H groups in total. The normalized spacial score (nSPS) is 11.5. The molecule has 1 heterocycles. The summed E-state index contributed by atoms with van der Waals surface area (Å²) in [5.41, 5.74) is 0. The minimum Gasteiger partial charge on any atom is -0.355 e. The lowest BCUT2D eigenvalue weighted by Crippen LogP contribution is -2.36. The number of hydrogen-bond acceptors (Lipinski definition) is 4. The first-order valence-electron chi connectivity index (χ1n) is 6.30. The van der Waals surface area contributed by atoms with Gasteiger partial charge in [-0.1, -0.05) is 6.07 Å². The van der Waals surface area contributed by atoms with Crippen LogP contribution in [-0.4, -0.2) is 30.8 Å². The van der Waals surface area contributed by atoms with Crippen LogP contribution in [0.25, 0.3) is 0 Å². The highest BCUT2D eigenvalue weighted by atomic mass is 32.1. The fourth-order valence-corrected chi connectivity index (χ4v) is 2.43. The number of carbonyl (C=O) groups is 3. The van der Waals surface area contributed by atoms with E-state index < -0.39 is 0 Å². The highest BCUT2D eigenvalue weighted by molar-refractivity contribution is 7.10. The van der Waals surface area contributed by atoms with E-state index in [-0.39, 0.29) is 30.2 Å². The highest BCUT2D eigenvalue weighted by Crippen LogP contribution is 2.21. The standard InChI is InChI=1S/C13H19N3O3S/c1-9(17)14-5-6-15-13(19)8-11(16-10(2)18)12-4-3-7-20-12/h3-4,7,11H,5-6,8H2,1-2H3,(H,14,17)(H,15,19)(H,16,18). The molecule has 0 aliphatic rings. The third kappa shape index (κ3) is 6.33. The largest absolute Gasteiger partial charge is 0.355 e. The summed E-state index contributed by atoms with van der Waals surface area (Å²) in [7, 11) is 0. The van der Waals surface area contributed by atoms with E-state index in [0.717, 1.165) is 4.88 Å². The zero-order valence-electron chi connectivity index (χ0n) is 11.6. The third-order valence-electron chi connectivity index (χ3n) is 2.47. The molecule has 1 atom stereocenters. The zero-order valence-corrected chi connectivity index (χ0v) is 12.4. The zero-order chi connectivity index (χ0) is 15.0. The van der Waals surface area contributed by atoms with Crippen LogP contribution in [-0.2, 0) is 14.4 Å². The molecule has 20 heavy (non-hydrogen) atoms. The van der Waals surface area contributed by atoms with E-state index in [1.54, 1.807) is 0 Å². The number of nitrogens with one attached hydrogen (secondary N) is 3. The molecule has 0 bridgehead atoms. The monoisotopic (exact) mass is 297 g/mol. The molecule has 1 rings (SSSR count). The van der Waals surface area contributed by atoms with Gasteiger partial charge in [-0.2, -0.15) is 0 Å². The van der Waals surface area contributed by atoms with Gasteiger partial charge in [0.25, 0.3) is 0 Å². The molecule has 0 aliphatic carbocycles. The molecule has 6 nitrogen and oxygen atoms in total. The minimum atomic E-state index is -0.312. The van der Waals surface area contributed by atoms with Crippen LogP contribution in [0.4, 0.5) is 0 Å². The Morgan fingerprint density at radius 1 is 1.15 bits per heavy atom. The molecule has 1 unspecified atom stereocenters. The van der Waals surface area contributed by atoms with Gasteiger partial charge in [0.1, 0.15) is 0 Å². The van der Waals surface area contributed by atoms with Crippen molar-refractivity contribution in [2.45, 2.75) is 26.3 Å². The fourth-order valence-electron chi connectivity index (χ4n) is 1.66. The van der Waals surface area contributed by atoms with Crippen LogP contribution >= 0.6 is 11.3 Å². The summed E-state index contributed by atoms with van der Waals surface area (Å²) in [6, 6.07) is 3.45. The molecule has 110 valence electrons. The molecular formula is C13H19N3O3S. The van der Waals surface area contributed by atoms with Crippen molar-refractivity contribution in [1.82, 2.24) is 16.0 Å². The Labute approximate surface area is 121 Å². The molecule has 7 heteroatoms. The lowest BCUT2D eigenvalue weighted by Gasteiger charge is -2.16. The third-order valence-corrected chi connectivity index (χ3v) is 3.46. The van der Waals surface area contributed by atoms with Crippen molar-refractivity contribution in [3.8, 4) is 0 Å². The SMILES string of the molecule is CC(=O)NCCNC(=O)CC(NC(C)=O)c1cccs1. The van der Waals surface area contributed by atoms with Gasteiger partial charge in [0, 0.05) is 31.8 Å². The van der Waals surface area contributed by atoms with Crippen LogP contribution in [0.15, 0.2) is 17.5 Å².